The van der Waals surface area contributed by atoms with Crippen LogP contribution < -0.4 is 14.5 Å². The van der Waals surface area contributed by atoms with Crippen LogP contribution in [0.3, 0.4) is 0 Å². The Bertz CT molecular complexity index is 1880. The molecule has 1 fully saturated rings. The topological polar surface area (TPSA) is 130 Å². The Morgan fingerprint density at radius 2 is 1.88 bits per heavy atom. The fourth-order valence-corrected chi connectivity index (χ4v) is 10.5. The van der Waals surface area contributed by atoms with Gasteiger partial charge in [-0.05, 0) is 67.5 Å². The Balaban J connectivity index is 1.21. The summed E-state index contributed by atoms with van der Waals surface area (Å²) in [6.45, 7) is 6.42. The van der Waals surface area contributed by atoms with Crippen LogP contribution in [0, 0.1) is 5.92 Å². The maximum atomic E-state index is 14.8. The molecule has 1 saturated heterocycles. The first-order valence-electron chi connectivity index (χ1n) is 16.2. The minimum atomic E-state index is -2.87. The van der Waals surface area contributed by atoms with Gasteiger partial charge in [-0.3, -0.25) is 19.2 Å². The molecule has 0 aliphatic carbocycles. The molecule has 2 N–H and O–H groups in total. The highest BCUT2D eigenvalue weighted by atomic mass is 35.5. The number of anilines is 3. The highest BCUT2D eigenvalue weighted by Crippen LogP contribution is 2.60. The van der Waals surface area contributed by atoms with Gasteiger partial charge < -0.3 is 24.3 Å². The van der Waals surface area contributed by atoms with Crippen molar-refractivity contribution >= 4 is 48.8 Å². The number of fused-ring (bicyclic) bond motifs is 3. The number of hydrogen-bond acceptors (Lipinski definition) is 8. The summed E-state index contributed by atoms with van der Waals surface area (Å²) in [6.07, 6.45) is 2.30. The summed E-state index contributed by atoms with van der Waals surface area (Å²) in [6, 6.07) is 20.5. The van der Waals surface area contributed by atoms with Crippen molar-refractivity contribution in [2.45, 2.75) is 63.2 Å². The van der Waals surface area contributed by atoms with E-state index in [1.807, 2.05) is 80.7 Å². The monoisotopic (exact) mass is 687 g/mol. The number of amides is 2. The van der Waals surface area contributed by atoms with Crippen LogP contribution >= 0.6 is 11.6 Å². The van der Waals surface area contributed by atoms with Crippen LogP contribution in [0.5, 0.6) is 5.75 Å². The van der Waals surface area contributed by atoms with E-state index in [1.54, 1.807) is 26.7 Å². The number of benzene rings is 3. The quantitative estimate of drug-likeness (QED) is 0.236. The molecule has 4 aromatic rings. The molecule has 0 bridgehead atoms. The lowest BCUT2D eigenvalue weighted by molar-refractivity contribution is -0.146. The zero-order valence-corrected chi connectivity index (χ0v) is 28.8. The van der Waals surface area contributed by atoms with Crippen LogP contribution in [-0.4, -0.2) is 64.3 Å². The number of ether oxygens (including phenoxy) is 2. The molecule has 1 aromatic heterocycles. The summed E-state index contributed by atoms with van der Waals surface area (Å²) in [5, 5.41) is 18.1. The number of aromatic nitrogens is 3. The second-order valence-corrected chi connectivity index (χ2v) is 17.7. The maximum Gasteiger partial charge on any atom is 0.269 e. The summed E-state index contributed by atoms with van der Waals surface area (Å²) in [5.41, 5.74) is 2.66. The molecule has 3 aliphatic heterocycles. The highest BCUT2D eigenvalue weighted by Gasteiger charge is 2.66. The van der Waals surface area contributed by atoms with Crippen LogP contribution in [0.25, 0.3) is 0 Å². The first-order valence-corrected chi connectivity index (χ1v) is 19.6. The number of hydrogen-bond donors (Lipinski definition) is 2. The second-order valence-electron chi connectivity index (χ2n) is 13.3. The van der Waals surface area contributed by atoms with Crippen molar-refractivity contribution in [3.8, 4) is 5.75 Å². The van der Waals surface area contributed by atoms with Gasteiger partial charge in [0.15, 0.2) is 20.5 Å². The Labute approximate surface area is 284 Å². The molecule has 1 spiro atoms. The third-order valence-corrected chi connectivity index (χ3v) is 12.5. The minimum absolute atomic E-state index is 0.0129. The number of carbonyl (C=O) groups excluding carboxylic acids is 2. The van der Waals surface area contributed by atoms with Gasteiger partial charge in [0.1, 0.15) is 5.75 Å². The molecule has 0 radical (unpaired) electrons. The molecule has 4 atom stereocenters. The number of carbonyl (C=O) groups is 2. The van der Waals surface area contributed by atoms with E-state index < -0.39 is 20.0 Å². The molecule has 0 saturated carbocycles. The average molecular weight is 688 g/mol. The van der Waals surface area contributed by atoms with E-state index >= 15 is 0 Å². The third-order valence-electron chi connectivity index (χ3n) is 9.76. The van der Waals surface area contributed by atoms with E-state index in [9.17, 15) is 19.5 Å². The molecule has 7 rings (SSSR count). The Morgan fingerprint density at radius 1 is 1.06 bits per heavy atom. The van der Waals surface area contributed by atoms with Crippen LogP contribution in [-0.2, 0) is 39.4 Å². The smallest absolute Gasteiger partial charge is 0.269 e. The first kappa shape index (κ1) is 32.5. The zero-order valence-electron chi connectivity index (χ0n) is 27.0. The fraction of sp³-hybridized carbons (Fsp3) is 0.371. The third kappa shape index (κ3) is 5.51. The lowest BCUT2D eigenvalue weighted by Gasteiger charge is -2.32. The van der Waals surface area contributed by atoms with Crippen molar-refractivity contribution in [2.24, 2.45) is 5.92 Å². The number of nitrogens with zero attached hydrogens (tertiary/aromatic N) is 5. The van der Waals surface area contributed by atoms with Gasteiger partial charge in [-0.1, -0.05) is 48.0 Å². The van der Waals surface area contributed by atoms with Gasteiger partial charge in [0, 0.05) is 53.5 Å². The molecule has 3 aromatic carbocycles. The van der Waals surface area contributed by atoms with Crippen molar-refractivity contribution in [3.63, 3.8) is 0 Å². The van der Waals surface area contributed by atoms with Gasteiger partial charge in [0.25, 0.3) is 11.8 Å². The number of aliphatic hydroxyl groups excluding tert-OH is 1. The summed E-state index contributed by atoms with van der Waals surface area (Å²) >= 11 is 6.57. The lowest BCUT2D eigenvalue weighted by Crippen LogP contribution is -2.46. The summed E-state index contributed by atoms with van der Waals surface area (Å²) in [5.74, 6) is -0.106. The van der Waals surface area contributed by atoms with Crippen molar-refractivity contribution in [1.29, 1.82) is 0 Å². The number of rotatable bonds is 9. The summed E-state index contributed by atoms with van der Waals surface area (Å²) in [7, 11) is -2.87. The van der Waals surface area contributed by atoms with E-state index in [1.165, 1.54) is 0 Å². The summed E-state index contributed by atoms with van der Waals surface area (Å²) in [4.78, 5) is 42.9. The largest absolute Gasteiger partial charge is 0.482 e. The highest BCUT2D eigenvalue weighted by molar-refractivity contribution is 6.71. The van der Waals surface area contributed by atoms with Crippen molar-refractivity contribution in [3.05, 3.63) is 94.8 Å². The van der Waals surface area contributed by atoms with E-state index in [4.69, 9.17) is 21.1 Å². The zero-order chi connectivity index (χ0) is 33.8. The van der Waals surface area contributed by atoms with Crippen LogP contribution in [0.2, 0.25) is 23.7 Å². The normalized spacial score (nSPS) is 23.5. The molecule has 11 nitrogen and oxygen atoms in total. The van der Waals surface area contributed by atoms with Crippen molar-refractivity contribution < 1.29 is 29.0 Å². The molecule has 48 heavy (non-hydrogen) atoms. The van der Waals surface area contributed by atoms with Gasteiger partial charge >= 0.3 is 0 Å². The molecule has 0 unspecified atom stereocenters. The first-order chi connectivity index (χ1) is 23.0. The Hall–Kier alpha value is -4.07. The van der Waals surface area contributed by atoms with Gasteiger partial charge in [-0.25, -0.2) is 0 Å². The number of halogens is 1. The van der Waals surface area contributed by atoms with Crippen LogP contribution in [0.1, 0.15) is 30.2 Å². The Morgan fingerprint density at radius 3 is 2.67 bits per heavy atom. The van der Waals surface area contributed by atoms with E-state index in [-0.39, 0.29) is 43.0 Å². The Kier molecular flexibility index (Phi) is 8.41. The average Bonchev–Trinajstić information content (AvgIpc) is 3.70. The maximum absolute atomic E-state index is 14.8. The van der Waals surface area contributed by atoms with Crippen LogP contribution in [0.4, 0.5) is 17.1 Å². The molecule has 3 aliphatic rings. The minimum Gasteiger partial charge on any atom is -0.482 e. The number of aliphatic hydroxyl groups is 1. The number of aryl methyl sites for hydroxylation is 1. The summed E-state index contributed by atoms with van der Waals surface area (Å²) < 4.78 is 14.3. The van der Waals surface area contributed by atoms with Gasteiger partial charge in [0.05, 0.1) is 29.7 Å². The molecule has 2 amide bonds. The van der Waals surface area contributed by atoms with Gasteiger partial charge in [-0.2, -0.15) is 0 Å². The van der Waals surface area contributed by atoms with Crippen molar-refractivity contribution in [2.75, 3.05) is 23.0 Å². The van der Waals surface area contributed by atoms with Crippen LogP contribution in [0.15, 0.2) is 72.9 Å². The predicted molar refractivity (Wildman–Crippen MR) is 183 cm³/mol. The lowest BCUT2D eigenvalue weighted by atomic mass is 9.82. The molecular formula is C35H38ClN5O6Si. The molecule has 250 valence electrons. The number of para-hydroxylation sites is 2. The van der Waals surface area contributed by atoms with E-state index in [2.05, 4.69) is 10.3 Å². The fourth-order valence-electron chi connectivity index (χ4n) is 7.77. The standard InChI is InChI=1S/C35H38ClN5O6Si/c1-22-33(48(2,3)45)31(13-15-39-20-25(14-16-42)37-38-39)47-35(22)27-18-24(36)11-12-28(27)40(34(35)44)19-23-7-6-8-26(17-23)41-29-9-4-5-10-30(29)46-21-32(41)43/h4-12,17-18,20,22,31,33,42,45H,13-16,19,21H2,1-3H3/t22-,31+,33-,35+/m1/s1. The van der Waals surface area contributed by atoms with Crippen molar-refractivity contribution in [1.82, 2.24) is 15.0 Å². The molecule has 4 heterocycles. The van der Waals surface area contributed by atoms with E-state index in [0.29, 0.717) is 58.5 Å². The molecule has 13 heteroatoms. The van der Waals surface area contributed by atoms with E-state index in [0.717, 1.165) is 5.56 Å². The molecular weight excluding hydrogens is 650 g/mol. The second kappa shape index (κ2) is 12.4. The predicted octanol–water partition coefficient (Wildman–Crippen LogP) is 4.96. The van der Waals surface area contributed by atoms with Gasteiger partial charge in [0.2, 0.25) is 0 Å². The van der Waals surface area contributed by atoms with Gasteiger partial charge in [-0.15, -0.1) is 5.10 Å². The SMILES string of the molecule is C[C@@H]1[C@@H]([Si](C)(C)O)[C@H](CCn2cc(CCO)nn2)O[C@@]12C(=O)N(Cc1cccc(N3C(=O)COc4ccccc43)c1)c1ccc(Cl)cc12.